The third-order valence-electron chi connectivity index (χ3n) is 4.87. The summed E-state index contributed by atoms with van der Waals surface area (Å²) in [5, 5.41) is 5.60. The third kappa shape index (κ3) is 9.66. The number of thiol groups is 1. The summed E-state index contributed by atoms with van der Waals surface area (Å²) >= 11 is 4.29. The second-order valence-electron chi connectivity index (χ2n) is 9.38. The first kappa shape index (κ1) is 28.8. The second kappa shape index (κ2) is 13.5. The molecule has 0 aliphatic rings. The van der Waals surface area contributed by atoms with Crippen molar-refractivity contribution in [3.63, 3.8) is 0 Å². The van der Waals surface area contributed by atoms with Crippen molar-refractivity contribution in [2.45, 2.75) is 85.4 Å². The SMILES string of the molecule is CCCCNC(=O)C(c1cc(C)cc(C)c1)N(CCC)C(=O)C(CS)NC(=O)OC(C)(C)C. The molecule has 0 radical (unpaired) electrons. The number of hydrogen-bond acceptors (Lipinski definition) is 5. The Hall–Kier alpha value is -2.22. The summed E-state index contributed by atoms with van der Waals surface area (Å²) in [5.74, 6) is -0.520. The highest BCUT2D eigenvalue weighted by atomic mass is 32.1. The number of ether oxygens (including phenoxy) is 1. The first-order chi connectivity index (χ1) is 15.4. The highest BCUT2D eigenvalue weighted by Crippen LogP contribution is 2.25. The molecule has 0 heterocycles. The van der Waals surface area contributed by atoms with Gasteiger partial charge >= 0.3 is 6.09 Å². The van der Waals surface area contributed by atoms with E-state index in [9.17, 15) is 14.4 Å². The van der Waals surface area contributed by atoms with Crippen LogP contribution >= 0.6 is 12.6 Å². The average molecular weight is 480 g/mol. The second-order valence-corrected chi connectivity index (χ2v) is 9.75. The lowest BCUT2D eigenvalue weighted by Gasteiger charge is -2.34. The van der Waals surface area contributed by atoms with Gasteiger partial charge in [0.1, 0.15) is 17.7 Å². The molecular weight excluding hydrogens is 438 g/mol. The Balaban J connectivity index is 3.33. The lowest BCUT2D eigenvalue weighted by Crippen LogP contribution is -2.54. The minimum absolute atomic E-state index is 0.0787. The van der Waals surface area contributed by atoms with E-state index < -0.39 is 23.8 Å². The van der Waals surface area contributed by atoms with E-state index in [1.165, 1.54) is 0 Å². The maximum absolute atomic E-state index is 13.6. The topological polar surface area (TPSA) is 87.7 Å². The highest BCUT2D eigenvalue weighted by molar-refractivity contribution is 7.80. The Labute approximate surface area is 204 Å². The molecule has 0 fully saturated rings. The van der Waals surface area contributed by atoms with Gasteiger partial charge in [0, 0.05) is 18.8 Å². The maximum Gasteiger partial charge on any atom is 0.408 e. The van der Waals surface area contributed by atoms with Gasteiger partial charge in [-0.25, -0.2) is 4.79 Å². The zero-order valence-corrected chi connectivity index (χ0v) is 22.1. The normalized spacial score (nSPS) is 13.1. The highest BCUT2D eigenvalue weighted by Gasteiger charge is 2.35. The number of aryl methyl sites for hydroxylation is 2. The summed E-state index contributed by atoms with van der Waals surface area (Å²) in [6.45, 7) is 14.1. The van der Waals surface area contributed by atoms with E-state index in [-0.39, 0.29) is 17.6 Å². The Morgan fingerprint density at radius 3 is 2.15 bits per heavy atom. The summed E-state index contributed by atoms with van der Waals surface area (Å²) in [6.07, 6.45) is 1.77. The zero-order valence-electron chi connectivity index (χ0n) is 21.2. The Kier molecular flexibility index (Phi) is 11.8. The fraction of sp³-hybridized carbons (Fsp3) is 0.640. The standard InChI is InChI=1S/C25H41N3O4S/c1-8-10-11-26-22(29)21(19-14-17(3)13-18(4)15-19)28(12-9-2)23(30)20(16-33)27-24(31)32-25(5,6)7/h13-15,20-21,33H,8-12,16H2,1-7H3,(H,26,29)(H,27,31). The Bertz CT molecular complexity index is 787. The Morgan fingerprint density at radius 1 is 1.06 bits per heavy atom. The molecule has 0 saturated carbocycles. The molecule has 2 unspecified atom stereocenters. The predicted octanol–water partition coefficient (Wildman–Crippen LogP) is 4.32. The maximum atomic E-state index is 13.6. The predicted molar refractivity (Wildman–Crippen MR) is 136 cm³/mol. The van der Waals surface area contributed by atoms with Gasteiger partial charge in [-0.15, -0.1) is 0 Å². The van der Waals surface area contributed by atoms with Crippen molar-refractivity contribution in [2.24, 2.45) is 0 Å². The van der Waals surface area contributed by atoms with Crippen molar-refractivity contribution in [3.8, 4) is 0 Å². The van der Waals surface area contributed by atoms with Crippen LogP contribution in [0.2, 0.25) is 0 Å². The summed E-state index contributed by atoms with van der Waals surface area (Å²) in [4.78, 5) is 40.8. The fourth-order valence-corrected chi connectivity index (χ4v) is 3.82. The van der Waals surface area contributed by atoms with Crippen LogP contribution in [0.25, 0.3) is 0 Å². The lowest BCUT2D eigenvalue weighted by molar-refractivity contribution is -0.142. The number of alkyl carbamates (subject to hydrolysis) is 1. The number of nitrogens with one attached hydrogen (secondary N) is 2. The van der Waals surface area contributed by atoms with Crippen molar-refractivity contribution in [1.29, 1.82) is 0 Å². The number of rotatable bonds is 11. The van der Waals surface area contributed by atoms with Crippen LogP contribution in [-0.4, -0.2) is 53.3 Å². The summed E-state index contributed by atoms with van der Waals surface area (Å²) in [7, 11) is 0. The van der Waals surface area contributed by atoms with Gasteiger partial charge in [0.25, 0.3) is 0 Å². The number of nitrogens with zero attached hydrogens (tertiary/aromatic N) is 1. The fourth-order valence-electron chi connectivity index (χ4n) is 3.57. The molecule has 2 atom stereocenters. The van der Waals surface area contributed by atoms with Crippen LogP contribution in [0.5, 0.6) is 0 Å². The van der Waals surface area contributed by atoms with Crippen molar-refractivity contribution in [2.75, 3.05) is 18.8 Å². The van der Waals surface area contributed by atoms with Gasteiger partial charge in [-0.3, -0.25) is 9.59 Å². The van der Waals surface area contributed by atoms with Crippen LogP contribution in [0.3, 0.4) is 0 Å². The first-order valence-corrected chi connectivity index (χ1v) is 12.3. The van der Waals surface area contributed by atoms with Gasteiger partial charge in [-0.05, 0) is 53.0 Å². The van der Waals surface area contributed by atoms with E-state index in [4.69, 9.17) is 4.74 Å². The summed E-state index contributed by atoms with van der Waals surface area (Å²) < 4.78 is 5.32. The molecule has 0 aliphatic heterocycles. The molecule has 8 heteroatoms. The van der Waals surface area contributed by atoms with Crippen LogP contribution < -0.4 is 10.6 Å². The number of amides is 3. The van der Waals surface area contributed by atoms with E-state index in [1.54, 1.807) is 25.7 Å². The molecule has 1 aromatic rings. The molecule has 33 heavy (non-hydrogen) atoms. The van der Waals surface area contributed by atoms with Crippen LogP contribution in [0, 0.1) is 13.8 Å². The molecule has 0 spiro atoms. The number of unbranched alkanes of at least 4 members (excludes halogenated alkanes) is 1. The molecule has 3 amide bonds. The van der Waals surface area contributed by atoms with Crippen molar-refractivity contribution in [1.82, 2.24) is 15.5 Å². The van der Waals surface area contributed by atoms with Crippen LogP contribution in [0.1, 0.15) is 76.6 Å². The Morgan fingerprint density at radius 2 is 1.67 bits per heavy atom. The monoisotopic (exact) mass is 479 g/mol. The largest absolute Gasteiger partial charge is 0.444 e. The van der Waals surface area contributed by atoms with E-state index in [0.29, 0.717) is 19.5 Å². The van der Waals surface area contributed by atoms with Gasteiger partial charge in [0.05, 0.1) is 0 Å². The quantitative estimate of drug-likeness (QED) is 0.326. The third-order valence-corrected chi connectivity index (χ3v) is 5.23. The van der Waals surface area contributed by atoms with Crippen LogP contribution in [-0.2, 0) is 14.3 Å². The van der Waals surface area contributed by atoms with E-state index in [1.807, 2.05) is 39.0 Å². The molecule has 0 aliphatic carbocycles. The van der Waals surface area contributed by atoms with E-state index in [0.717, 1.165) is 29.5 Å². The van der Waals surface area contributed by atoms with Gasteiger partial charge in [0.15, 0.2) is 0 Å². The number of carbonyl (C=O) groups is 3. The smallest absolute Gasteiger partial charge is 0.408 e. The van der Waals surface area contributed by atoms with Gasteiger partial charge in [0.2, 0.25) is 11.8 Å². The van der Waals surface area contributed by atoms with Gasteiger partial charge in [-0.1, -0.05) is 49.6 Å². The van der Waals surface area contributed by atoms with Crippen LogP contribution in [0.4, 0.5) is 4.79 Å². The number of benzene rings is 1. The van der Waals surface area contributed by atoms with Crippen LogP contribution in [0.15, 0.2) is 18.2 Å². The van der Waals surface area contributed by atoms with E-state index in [2.05, 4.69) is 30.2 Å². The minimum atomic E-state index is -0.924. The van der Waals surface area contributed by atoms with Crippen molar-refractivity contribution >= 4 is 30.5 Å². The number of hydrogen-bond donors (Lipinski definition) is 3. The molecule has 0 aromatic heterocycles. The molecule has 0 bridgehead atoms. The molecule has 1 aromatic carbocycles. The van der Waals surface area contributed by atoms with Gasteiger partial charge < -0.3 is 20.3 Å². The number of carbonyl (C=O) groups excluding carboxylic acids is 3. The van der Waals surface area contributed by atoms with Gasteiger partial charge in [-0.2, -0.15) is 12.6 Å². The molecule has 7 nitrogen and oxygen atoms in total. The molecular formula is C25H41N3O4S. The molecule has 186 valence electrons. The van der Waals surface area contributed by atoms with Crippen molar-refractivity contribution < 1.29 is 19.1 Å². The minimum Gasteiger partial charge on any atom is -0.444 e. The molecule has 2 N–H and O–H groups in total. The van der Waals surface area contributed by atoms with E-state index >= 15 is 0 Å². The zero-order chi connectivity index (χ0) is 25.2. The average Bonchev–Trinajstić information content (AvgIpc) is 2.69. The molecule has 0 saturated heterocycles. The summed E-state index contributed by atoms with van der Waals surface area (Å²) in [6, 6.07) is 4.16. The summed E-state index contributed by atoms with van der Waals surface area (Å²) in [5.41, 5.74) is 2.08. The molecule has 1 rings (SSSR count). The lowest BCUT2D eigenvalue weighted by atomic mass is 9.98. The van der Waals surface area contributed by atoms with Crippen molar-refractivity contribution in [3.05, 3.63) is 34.9 Å². The first-order valence-electron chi connectivity index (χ1n) is 11.7.